The van der Waals surface area contributed by atoms with Crippen LogP contribution in [0.5, 0.6) is 0 Å². The molecular weight excluding hydrogens is 474 g/mol. The van der Waals surface area contributed by atoms with Crippen LogP contribution in [0.3, 0.4) is 0 Å². The van der Waals surface area contributed by atoms with Crippen molar-refractivity contribution in [3.05, 3.63) is 63.0 Å². The maximum absolute atomic E-state index is 13.4. The highest BCUT2D eigenvalue weighted by Gasteiger charge is 2.28. The molecule has 1 aromatic carbocycles. The highest BCUT2D eigenvalue weighted by atomic mass is 32.1. The number of likely N-dealkylation sites (tertiary alicyclic amines) is 1. The van der Waals surface area contributed by atoms with Crippen molar-refractivity contribution in [3.8, 4) is 0 Å². The number of piperazine rings is 1. The van der Waals surface area contributed by atoms with Gasteiger partial charge in [0.15, 0.2) is 0 Å². The number of nitrogens with zero attached hydrogens (tertiary/aromatic N) is 5. The van der Waals surface area contributed by atoms with E-state index in [2.05, 4.69) is 28.9 Å². The van der Waals surface area contributed by atoms with Gasteiger partial charge in [-0.15, -0.1) is 11.3 Å². The highest BCUT2D eigenvalue weighted by molar-refractivity contribution is 7.20. The van der Waals surface area contributed by atoms with Crippen LogP contribution in [0.4, 0.5) is 0 Å². The van der Waals surface area contributed by atoms with Gasteiger partial charge < -0.3 is 9.80 Å². The molecule has 36 heavy (non-hydrogen) atoms. The van der Waals surface area contributed by atoms with E-state index >= 15 is 0 Å². The second-order valence-electron chi connectivity index (χ2n) is 9.90. The van der Waals surface area contributed by atoms with Gasteiger partial charge in [-0.1, -0.05) is 30.3 Å². The molecule has 190 valence electrons. The van der Waals surface area contributed by atoms with Crippen molar-refractivity contribution < 1.29 is 9.59 Å². The van der Waals surface area contributed by atoms with E-state index in [1.54, 1.807) is 0 Å². The van der Waals surface area contributed by atoms with Crippen LogP contribution in [0.2, 0.25) is 0 Å². The molecule has 9 heteroatoms. The predicted molar refractivity (Wildman–Crippen MR) is 141 cm³/mol. The van der Waals surface area contributed by atoms with Crippen molar-refractivity contribution in [2.24, 2.45) is 0 Å². The molecule has 0 saturated carbocycles. The zero-order valence-corrected chi connectivity index (χ0v) is 21.8. The first-order valence-electron chi connectivity index (χ1n) is 12.8. The molecule has 2 fully saturated rings. The predicted octanol–water partition coefficient (Wildman–Crippen LogP) is 3.13. The first-order chi connectivity index (χ1) is 17.4. The molecule has 0 radical (unpaired) electrons. The summed E-state index contributed by atoms with van der Waals surface area (Å²) < 4.78 is 1.39. The summed E-state index contributed by atoms with van der Waals surface area (Å²) in [6, 6.07) is 10.6. The molecule has 8 nitrogen and oxygen atoms in total. The van der Waals surface area contributed by atoms with Gasteiger partial charge >= 0.3 is 0 Å². The summed E-state index contributed by atoms with van der Waals surface area (Å²) in [4.78, 5) is 51.3. The molecule has 2 aliphatic heterocycles. The Bertz CT molecular complexity index is 1310. The molecule has 2 aromatic heterocycles. The van der Waals surface area contributed by atoms with Crippen molar-refractivity contribution in [1.82, 2.24) is 24.3 Å². The highest BCUT2D eigenvalue weighted by Crippen LogP contribution is 2.28. The maximum Gasteiger partial charge on any atom is 0.264 e. The molecule has 2 saturated heterocycles. The van der Waals surface area contributed by atoms with Gasteiger partial charge in [-0.3, -0.25) is 23.9 Å². The first-order valence-corrected chi connectivity index (χ1v) is 13.6. The summed E-state index contributed by atoms with van der Waals surface area (Å²) in [5.74, 6) is -0.0953. The molecule has 0 aliphatic carbocycles. The van der Waals surface area contributed by atoms with Crippen LogP contribution in [0.25, 0.3) is 10.2 Å². The van der Waals surface area contributed by atoms with Crippen molar-refractivity contribution in [3.63, 3.8) is 0 Å². The van der Waals surface area contributed by atoms with Crippen LogP contribution in [-0.2, 0) is 17.9 Å². The first kappa shape index (κ1) is 24.6. The Morgan fingerprint density at radius 2 is 1.81 bits per heavy atom. The lowest BCUT2D eigenvalue weighted by Gasteiger charge is -2.34. The van der Waals surface area contributed by atoms with E-state index in [0.717, 1.165) is 45.4 Å². The lowest BCUT2D eigenvalue weighted by atomic mass is 10.0. The Morgan fingerprint density at radius 1 is 1.06 bits per heavy atom. The third-order valence-corrected chi connectivity index (χ3v) is 8.64. The fourth-order valence-electron chi connectivity index (χ4n) is 5.28. The number of carbonyl (C=O) groups excluding carboxylic acids is 2. The number of rotatable bonds is 5. The number of piperidine rings is 1. The van der Waals surface area contributed by atoms with Crippen molar-refractivity contribution in [2.75, 3.05) is 32.7 Å². The number of thiophene rings is 1. The molecule has 0 bridgehead atoms. The van der Waals surface area contributed by atoms with Gasteiger partial charge in [-0.05, 0) is 44.2 Å². The Kier molecular flexibility index (Phi) is 7.20. The normalized spacial score (nSPS) is 19.1. The van der Waals surface area contributed by atoms with Crippen LogP contribution in [-0.4, -0.2) is 74.8 Å². The van der Waals surface area contributed by atoms with Crippen LogP contribution in [0.1, 0.15) is 47.0 Å². The monoisotopic (exact) mass is 507 g/mol. The fraction of sp³-hybridized carbons (Fsp3) is 0.481. The number of benzene rings is 1. The van der Waals surface area contributed by atoms with Crippen LogP contribution >= 0.6 is 11.3 Å². The SMILES string of the molecule is Cc1c(C(=O)N2CCN(Cc3ccccc3)CC2)sc2ncn(CC(=O)N3CCCCC3C)c(=O)c12. The molecule has 3 aromatic rings. The van der Waals surface area contributed by atoms with Gasteiger partial charge in [0.05, 0.1) is 16.6 Å². The lowest BCUT2D eigenvalue weighted by Crippen LogP contribution is -2.48. The molecule has 1 atom stereocenters. The average Bonchev–Trinajstić information content (AvgIpc) is 3.23. The third-order valence-electron chi connectivity index (χ3n) is 7.45. The summed E-state index contributed by atoms with van der Waals surface area (Å²) in [5, 5.41) is 0.452. The zero-order valence-electron chi connectivity index (χ0n) is 21.0. The van der Waals surface area contributed by atoms with E-state index in [1.165, 1.54) is 27.8 Å². The number of aryl methyl sites for hydroxylation is 1. The van der Waals surface area contributed by atoms with E-state index in [9.17, 15) is 14.4 Å². The molecule has 0 spiro atoms. The number of aromatic nitrogens is 2. The smallest absolute Gasteiger partial charge is 0.264 e. The molecule has 2 amide bonds. The van der Waals surface area contributed by atoms with E-state index in [0.29, 0.717) is 33.7 Å². The summed E-state index contributed by atoms with van der Waals surface area (Å²) in [6.45, 7) is 8.40. The second-order valence-corrected chi connectivity index (χ2v) is 10.9. The van der Waals surface area contributed by atoms with Crippen LogP contribution in [0, 0.1) is 6.92 Å². The summed E-state index contributed by atoms with van der Waals surface area (Å²) in [7, 11) is 0. The van der Waals surface area contributed by atoms with Gasteiger partial charge in [-0.2, -0.15) is 0 Å². The molecule has 2 aliphatic rings. The van der Waals surface area contributed by atoms with E-state index in [1.807, 2.05) is 34.9 Å². The Hall–Kier alpha value is -3.04. The maximum atomic E-state index is 13.4. The number of fused-ring (bicyclic) bond motifs is 1. The summed E-state index contributed by atoms with van der Waals surface area (Å²) in [6.07, 6.45) is 4.57. The lowest BCUT2D eigenvalue weighted by molar-refractivity contribution is -0.135. The third kappa shape index (κ3) is 4.95. The molecule has 4 heterocycles. The quantitative estimate of drug-likeness (QED) is 0.530. The van der Waals surface area contributed by atoms with E-state index in [4.69, 9.17) is 0 Å². The van der Waals surface area contributed by atoms with Crippen LogP contribution in [0.15, 0.2) is 41.5 Å². The molecule has 1 unspecified atom stereocenters. The van der Waals surface area contributed by atoms with Gasteiger partial charge in [0.2, 0.25) is 5.91 Å². The molecular formula is C27H33N5O3S. The van der Waals surface area contributed by atoms with Crippen LogP contribution < -0.4 is 5.56 Å². The van der Waals surface area contributed by atoms with Crippen molar-refractivity contribution in [1.29, 1.82) is 0 Å². The minimum Gasteiger partial charge on any atom is -0.338 e. The number of hydrogen-bond acceptors (Lipinski definition) is 6. The van der Waals surface area contributed by atoms with Gasteiger partial charge in [0.1, 0.15) is 11.4 Å². The Balaban J connectivity index is 1.29. The van der Waals surface area contributed by atoms with Crippen molar-refractivity contribution >= 4 is 33.4 Å². The number of amides is 2. The minimum atomic E-state index is -0.251. The Morgan fingerprint density at radius 3 is 2.53 bits per heavy atom. The van der Waals surface area contributed by atoms with Gasteiger partial charge in [0, 0.05) is 45.3 Å². The van der Waals surface area contributed by atoms with Crippen molar-refractivity contribution in [2.45, 2.75) is 52.2 Å². The molecule has 0 N–H and O–H groups in total. The minimum absolute atomic E-state index is 0.0198. The Labute approximate surface area is 215 Å². The zero-order chi connectivity index (χ0) is 25.2. The standard InChI is InChI=1S/C27H33N5O3S/c1-19-8-6-7-11-32(19)22(33)17-31-18-28-25-23(26(31)34)20(2)24(36-25)27(35)30-14-12-29(13-15-30)16-21-9-4-3-5-10-21/h3-5,9-10,18-19H,6-8,11-17H2,1-2H3. The number of hydrogen-bond donors (Lipinski definition) is 0. The van der Waals surface area contributed by atoms with E-state index < -0.39 is 0 Å². The summed E-state index contributed by atoms with van der Waals surface area (Å²) >= 11 is 1.27. The fourth-order valence-corrected chi connectivity index (χ4v) is 6.38. The molecule has 5 rings (SSSR count). The topological polar surface area (TPSA) is 78.8 Å². The average molecular weight is 508 g/mol. The van der Waals surface area contributed by atoms with E-state index in [-0.39, 0.29) is 30.0 Å². The second kappa shape index (κ2) is 10.5. The number of carbonyl (C=O) groups is 2. The van der Waals surface area contributed by atoms with Gasteiger partial charge in [-0.25, -0.2) is 4.98 Å². The summed E-state index contributed by atoms with van der Waals surface area (Å²) in [5.41, 5.74) is 1.68. The van der Waals surface area contributed by atoms with Gasteiger partial charge in [0.25, 0.3) is 11.5 Å². The largest absolute Gasteiger partial charge is 0.338 e.